The fourth-order valence-corrected chi connectivity index (χ4v) is 2.36. The van der Waals surface area contributed by atoms with Crippen molar-refractivity contribution in [3.8, 4) is 5.75 Å². The van der Waals surface area contributed by atoms with Crippen LogP contribution in [0.25, 0.3) is 10.9 Å². The highest BCUT2D eigenvalue weighted by molar-refractivity contribution is 5.77. The molecule has 1 unspecified atom stereocenters. The van der Waals surface area contributed by atoms with Gasteiger partial charge in [-0.1, -0.05) is 24.3 Å². The van der Waals surface area contributed by atoms with E-state index in [1.165, 1.54) is 0 Å². The van der Waals surface area contributed by atoms with Crippen LogP contribution in [0.1, 0.15) is 17.5 Å². The fourth-order valence-electron chi connectivity index (χ4n) is 2.36. The van der Waals surface area contributed by atoms with Crippen LogP contribution in [0.5, 0.6) is 5.75 Å². The summed E-state index contributed by atoms with van der Waals surface area (Å²) < 4.78 is 5.09. The summed E-state index contributed by atoms with van der Waals surface area (Å²) in [6, 6.07) is 14.3. The van der Waals surface area contributed by atoms with Gasteiger partial charge in [0.15, 0.2) is 0 Å². The summed E-state index contributed by atoms with van der Waals surface area (Å²) in [6.07, 6.45) is -0.498. The Morgan fingerprint density at radius 1 is 1.18 bits per heavy atom. The molecule has 3 rings (SSSR count). The van der Waals surface area contributed by atoms with Gasteiger partial charge in [0.2, 0.25) is 0 Å². The van der Waals surface area contributed by atoms with Gasteiger partial charge in [0.25, 0.3) is 5.56 Å². The van der Waals surface area contributed by atoms with Gasteiger partial charge in [-0.05, 0) is 29.8 Å². The summed E-state index contributed by atoms with van der Waals surface area (Å²) >= 11 is 0. The summed E-state index contributed by atoms with van der Waals surface area (Å²) in [6.45, 7) is 0. The van der Waals surface area contributed by atoms with Gasteiger partial charge >= 0.3 is 0 Å². The van der Waals surface area contributed by atoms with E-state index in [-0.39, 0.29) is 12.0 Å². The molecular formula is C17H16N2O3. The van der Waals surface area contributed by atoms with Crippen molar-refractivity contribution in [3.05, 3.63) is 70.3 Å². The van der Waals surface area contributed by atoms with Crippen LogP contribution in [-0.4, -0.2) is 22.2 Å². The number of rotatable bonds is 4. The second kappa shape index (κ2) is 5.99. The largest absolute Gasteiger partial charge is 0.497 e. The molecule has 2 aromatic carbocycles. The summed E-state index contributed by atoms with van der Waals surface area (Å²) in [4.78, 5) is 19.1. The van der Waals surface area contributed by atoms with E-state index in [9.17, 15) is 9.90 Å². The minimum atomic E-state index is -0.741. The van der Waals surface area contributed by atoms with Crippen molar-refractivity contribution in [2.24, 2.45) is 0 Å². The van der Waals surface area contributed by atoms with Crippen LogP contribution in [0.4, 0.5) is 0 Å². The van der Waals surface area contributed by atoms with E-state index in [2.05, 4.69) is 9.97 Å². The number of aromatic amines is 1. The Morgan fingerprint density at radius 2 is 1.91 bits per heavy atom. The number of benzene rings is 2. The van der Waals surface area contributed by atoms with Gasteiger partial charge < -0.3 is 14.8 Å². The molecule has 0 aliphatic rings. The van der Waals surface area contributed by atoms with Gasteiger partial charge in [-0.3, -0.25) is 4.79 Å². The zero-order valence-corrected chi connectivity index (χ0v) is 12.1. The molecule has 0 radical (unpaired) electrons. The van der Waals surface area contributed by atoms with Crippen LogP contribution >= 0.6 is 0 Å². The summed E-state index contributed by atoms with van der Waals surface area (Å²) in [5, 5.41) is 10.8. The van der Waals surface area contributed by atoms with E-state index in [0.717, 1.165) is 11.3 Å². The van der Waals surface area contributed by atoms with Gasteiger partial charge in [-0.25, -0.2) is 4.98 Å². The summed E-state index contributed by atoms with van der Waals surface area (Å²) in [5.41, 5.74) is 1.18. The molecule has 0 amide bonds. The van der Waals surface area contributed by atoms with Gasteiger partial charge in [0.05, 0.1) is 24.1 Å². The smallest absolute Gasteiger partial charge is 0.258 e. The average Bonchev–Trinajstić information content (AvgIpc) is 2.55. The number of H-pyrrole nitrogens is 1. The first-order valence-electron chi connectivity index (χ1n) is 6.97. The Labute approximate surface area is 127 Å². The van der Waals surface area contributed by atoms with Gasteiger partial charge in [-0.15, -0.1) is 0 Å². The zero-order valence-electron chi connectivity index (χ0n) is 12.1. The van der Waals surface area contributed by atoms with Crippen LogP contribution in [-0.2, 0) is 6.42 Å². The molecular weight excluding hydrogens is 280 g/mol. The molecule has 5 nitrogen and oxygen atoms in total. The summed E-state index contributed by atoms with van der Waals surface area (Å²) in [5.74, 6) is 1.19. The third-order valence-electron chi connectivity index (χ3n) is 3.55. The van der Waals surface area contributed by atoms with Gasteiger partial charge in [0.1, 0.15) is 11.6 Å². The van der Waals surface area contributed by atoms with Crippen LogP contribution in [0.3, 0.4) is 0 Å². The molecule has 0 aliphatic carbocycles. The Kier molecular flexibility index (Phi) is 3.89. The van der Waals surface area contributed by atoms with E-state index in [1.807, 2.05) is 6.07 Å². The van der Waals surface area contributed by atoms with Crippen molar-refractivity contribution in [2.75, 3.05) is 7.11 Å². The highest BCUT2D eigenvalue weighted by Gasteiger charge is 2.12. The molecule has 1 aromatic heterocycles. The molecule has 0 fully saturated rings. The Bertz CT molecular complexity index is 840. The molecule has 3 aromatic rings. The standard InChI is InChI=1S/C17H16N2O3/c1-22-12-8-6-11(7-9-12)15(20)10-16-18-14-5-3-2-4-13(14)17(21)19-16/h2-9,15,20H,10H2,1H3,(H,18,19,21). The SMILES string of the molecule is COc1ccc(C(O)Cc2nc3ccccc3c(=O)[nH]2)cc1. The number of hydrogen-bond acceptors (Lipinski definition) is 4. The van der Waals surface area contributed by atoms with E-state index in [1.54, 1.807) is 49.6 Å². The molecule has 0 bridgehead atoms. The van der Waals surface area contributed by atoms with E-state index < -0.39 is 6.10 Å². The topological polar surface area (TPSA) is 75.2 Å². The maximum absolute atomic E-state index is 12.0. The molecule has 0 spiro atoms. The lowest BCUT2D eigenvalue weighted by atomic mass is 10.1. The fraction of sp³-hybridized carbons (Fsp3) is 0.176. The molecule has 0 aliphatic heterocycles. The minimum Gasteiger partial charge on any atom is -0.497 e. The number of nitrogens with one attached hydrogen (secondary N) is 1. The summed E-state index contributed by atoms with van der Waals surface area (Å²) in [7, 11) is 1.59. The van der Waals surface area contributed by atoms with E-state index >= 15 is 0 Å². The Hall–Kier alpha value is -2.66. The highest BCUT2D eigenvalue weighted by atomic mass is 16.5. The number of para-hydroxylation sites is 1. The number of nitrogens with zero attached hydrogens (tertiary/aromatic N) is 1. The third-order valence-corrected chi connectivity index (χ3v) is 3.55. The van der Waals surface area contributed by atoms with Crippen molar-refractivity contribution >= 4 is 10.9 Å². The molecule has 5 heteroatoms. The Morgan fingerprint density at radius 3 is 2.64 bits per heavy atom. The minimum absolute atomic E-state index is 0.192. The normalized spacial score (nSPS) is 12.3. The van der Waals surface area contributed by atoms with Crippen molar-refractivity contribution < 1.29 is 9.84 Å². The van der Waals surface area contributed by atoms with Crippen LogP contribution in [0.2, 0.25) is 0 Å². The number of hydrogen-bond donors (Lipinski definition) is 2. The maximum atomic E-state index is 12.0. The third kappa shape index (κ3) is 2.84. The number of aliphatic hydroxyl groups excluding tert-OH is 1. The molecule has 112 valence electrons. The van der Waals surface area contributed by atoms with Crippen molar-refractivity contribution in [2.45, 2.75) is 12.5 Å². The molecule has 1 heterocycles. The zero-order chi connectivity index (χ0) is 15.5. The van der Waals surface area contributed by atoms with E-state index in [0.29, 0.717) is 16.7 Å². The average molecular weight is 296 g/mol. The van der Waals surface area contributed by atoms with Crippen molar-refractivity contribution in [1.29, 1.82) is 0 Å². The van der Waals surface area contributed by atoms with Gasteiger partial charge in [0, 0.05) is 6.42 Å². The predicted octanol–water partition coefficient (Wildman–Crippen LogP) is 2.21. The number of ether oxygens (including phenoxy) is 1. The van der Waals surface area contributed by atoms with Crippen LogP contribution in [0, 0.1) is 0 Å². The number of methoxy groups -OCH3 is 1. The first-order chi connectivity index (χ1) is 10.7. The number of fused-ring (bicyclic) bond motifs is 1. The highest BCUT2D eigenvalue weighted by Crippen LogP contribution is 2.20. The first-order valence-corrected chi connectivity index (χ1v) is 6.97. The number of aromatic nitrogens is 2. The van der Waals surface area contributed by atoms with E-state index in [4.69, 9.17) is 4.74 Å². The molecule has 22 heavy (non-hydrogen) atoms. The monoisotopic (exact) mass is 296 g/mol. The lowest BCUT2D eigenvalue weighted by Crippen LogP contribution is -2.14. The van der Waals surface area contributed by atoms with Crippen LogP contribution in [0.15, 0.2) is 53.3 Å². The molecule has 2 N–H and O–H groups in total. The van der Waals surface area contributed by atoms with Crippen molar-refractivity contribution in [3.63, 3.8) is 0 Å². The lowest BCUT2D eigenvalue weighted by molar-refractivity contribution is 0.176. The van der Waals surface area contributed by atoms with Gasteiger partial charge in [-0.2, -0.15) is 0 Å². The predicted molar refractivity (Wildman–Crippen MR) is 84.0 cm³/mol. The quantitative estimate of drug-likeness (QED) is 0.774. The molecule has 1 atom stereocenters. The lowest BCUT2D eigenvalue weighted by Gasteiger charge is -2.11. The molecule has 0 saturated heterocycles. The second-order valence-corrected chi connectivity index (χ2v) is 5.02. The van der Waals surface area contributed by atoms with Crippen LogP contribution < -0.4 is 10.3 Å². The second-order valence-electron chi connectivity index (χ2n) is 5.02. The van der Waals surface area contributed by atoms with Crippen molar-refractivity contribution in [1.82, 2.24) is 9.97 Å². The molecule has 0 saturated carbocycles. The number of aliphatic hydroxyl groups is 1. The maximum Gasteiger partial charge on any atom is 0.258 e. The first kappa shape index (κ1) is 14.3. The Balaban J connectivity index is 1.87.